The molecule has 0 aromatic heterocycles. The number of ether oxygens (including phenoxy) is 5. The summed E-state index contributed by atoms with van der Waals surface area (Å²) in [6, 6.07) is 0. The van der Waals surface area contributed by atoms with Crippen molar-refractivity contribution in [2.75, 3.05) is 20.3 Å². The summed E-state index contributed by atoms with van der Waals surface area (Å²) in [6.07, 6.45) is 20.8. The minimum Gasteiger partial charge on any atom is -0.469 e. The Bertz CT molecular complexity index is 767. The van der Waals surface area contributed by atoms with Crippen molar-refractivity contribution in [2.24, 2.45) is 17.3 Å². The highest BCUT2D eigenvalue weighted by atomic mass is 16.7. The Morgan fingerprint density at radius 1 is 1.05 bits per heavy atom. The molecule has 3 aliphatic rings. The lowest BCUT2D eigenvalue weighted by atomic mass is 9.80. The third-order valence-electron chi connectivity index (χ3n) is 8.80. The van der Waals surface area contributed by atoms with E-state index in [2.05, 4.69) is 45.1 Å². The van der Waals surface area contributed by atoms with Crippen molar-refractivity contribution in [2.45, 2.75) is 142 Å². The first-order valence-electron chi connectivity index (χ1n) is 16.0. The lowest BCUT2D eigenvalue weighted by molar-refractivity contribution is -0.198. The van der Waals surface area contributed by atoms with Crippen molar-refractivity contribution in [3.8, 4) is 0 Å². The van der Waals surface area contributed by atoms with Gasteiger partial charge in [0.2, 0.25) is 0 Å². The number of unbranched alkanes of at least 4 members (excludes halogenated alkanes) is 2. The van der Waals surface area contributed by atoms with Crippen molar-refractivity contribution in [1.82, 2.24) is 0 Å². The van der Waals surface area contributed by atoms with Gasteiger partial charge in [-0.3, -0.25) is 4.79 Å². The van der Waals surface area contributed by atoms with E-state index in [0.717, 1.165) is 90.3 Å². The number of aliphatic hydroxyl groups is 1. The van der Waals surface area contributed by atoms with E-state index in [1.54, 1.807) is 0 Å². The monoisotopic (exact) mass is 564 g/mol. The lowest BCUT2D eigenvalue weighted by Crippen LogP contribution is -2.37. The largest absolute Gasteiger partial charge is 0.469 e. The van der Waals surface area contributed by atoms with Gasteiger partial charge in [0.15, 0.2) is 12.6 Å². The van der Waals surface area contributed by atoms with Crippen LogP contribution in [0.1, 0.15) is 111 Å². The summed E-state index contributed by atoms with van der Waals surface area (Å²) in [4.78, 5) is 11.4. The van der Waals surface area contributed by atoms with Crippen LogP contribution in [0.15, 0.2) is 24.3 Å². The molecule has 7 nitrogen and oxygen atoms in total. The number of allylic oxidation sites excluding steroid dienone is 2. The molecule has 1 saturated carbocycles. The van der Waals surface area contributed by atoms with Gasteiger partial charge in [-0.05, 0) is 75.5 Å². The van der Waals surface area contributed by atoms with E-state index in [4.69, 9.17) is 23.7 Å². The van der Waals surface area contributed by atoms with Crippen LogP contribution >= 0.6 is 0 Å². The number of hydrogen-bond donors (Lipinski definition) is 1. The Balaban J connectivity index is 1.74. The fourth-order valence-corrected chi connectivity index (χ4v) is 6.16. The Morgan fingerprint density at radius 3 is 2.42 bits per heavy atom. The number of methoxy groups -OCH3 is 1. The molecule has 2 heterocycles. The van der Waals surface area contributed by atoms with Crippen LogP contribution in [-0.2, 0) is 28.5 Å². The summed E-state index contributed by atoms with van der Waals surface area (Å²) < 4.78 is 29.8. The second-order valence-corrected chi connectivity index (χ2v) is 12.5. The van der Waals surface area contributed by atoms with Crippen LogP contribution in [-0.4, -0.2) is 62.3 Å². The number of carbonyl (C=O) groups excluding carboxylic acids is 1. The molecule has 40 heavy (non-hydrogen) atoms. The topological polar surface area (TPSA) is 83.5 Å². The van der Waals surface area contributed by atoms with E-state index < -0.39 is 6.10 Å². The molecule has 0 spiro atoms. The third kappa shape index (κ3) is 10.9. The zero-order valence-corrected chi connectivity index (χ0v) is 25.6. The Kier molecular flexibility index (Phi) is 14.7. The average Bonchev–Trinajstić information content (AvgIpc) is 3.25. The SMILES string of the molecule is CCCCC(C)(C)[C@@H](/C=C/[C@@H]1[C@@H](C/C=C\CCCC(=O)OC)[C@@H](O)C[C@H]1OC1CCCCO1)OC1CCCCO1. The summed E-state index contributed by atoms with van der Waals surface area (Å²) >= 11 is 0. The lowest BCUT2D eigenvalue weighted by Gasteiger charge is -2.36. The second kappa shape index (κ2) is 17.6. The van der Waals surface area contributed by atoms with E-state index in [0.29, 0.717) is 12.8 Å². The van der Waals surface area contributed by atoms with Gasteiger partial charge in [-0.2, -0.15) is 0 Å². The summed E-state index contributed by atoms with van der Waals surface area (Å²) in [7, 11) is 1.42. The summed E-state index contributed by atoms with van der Waals surface area (Å²) in [5, 5.41) is 11.2. The molecule has 230 valence electrons. The molecule has 0 aromatic carbocycles. The smallest absolute Gasteiger partial charge is 0.305 e. The summed E-state index contributed by atoms with van der Waals surface area (Å²) in [6.45, 7) is 8.32. The standard InChI is InChI=1S/C33H56O7/c1-5-6-21-33(2,3)29(40-32-18-12-14-23-38-32)20-19-26-25(15-9-7-8-10-16-30(35)36-4)27(34)24-28(26)39-31-17-11-13-22-37-31/h7,9,19-20,25-29,31-32,34H,5-6,8,10-18,21-24H2,1-4H3/b9-7-,20-19+/t25-,26-,27+,28-,29-,31?,32?/m1/s1. The number of aliphatic hydroxyl groups excluding tert-OH is 1. The number of rotatable bonds is 16. The molecule has 3 fully saturated rings. The Labute approximate surface area is 243 Å². The maximum atomic E-state index is 11.4. The Morgan fingerprint density at radius 2 is 1.77 bits per heavy atom. The van der Waals surface area contributed by atoms with Gasteiger partial charge in [-0.25, -0.2) is 0 Å². The van der Waals surface area contributed by atoms with E-state index in [1.807, 2.05) is 0 Å². The fraction of sp³-hybridized carbons (Fsp3) is 0.848. The molecule has 7 heteroatoms. The van der Waals surface area contributed by atoms with Crippen LogP contribution < -0.4 is 0 Å². The second-order valence-electron chi connectivity index (χ2n) is 12.5. The minimum atomic E-state index is -0.447. The predicted octanol–water partition coefficient (Wildman–Crippen LogP) is 6.87. The van der Waals surface area contributed by atoms with Crippen LogP contribution in [0.3, 0.4) is 0 Å². The molecule has 7 atom stereocenters. The molecule has 2 saturated heterocycles. The van der Waals surface area contributed by atoms with Crippen molar-refractivity contribution in [1.29, 1.82) is 0 Å². The first-order valence-corrected chi connectivity index (χ1v) is 16.0. The van der Waals surface area contributed by atoms with Crippen molar-refractivity contribution < 1.29 is 33.6 Å². The maximum Gasteiger partial charge on any atom is 0.305 e. The number of esters is 1. The van der Waals surface area contributed by atoms with Crippen LogP contribution in [0.25, 0.3) is 0 Å². The van der Waals surface area contributed by atoms with Crippen molar-refractivity contribution in [3.05, 3.63) is 24.3 Å². The first kappa shape index (κ1) is 33.3. The minimum absolute atomic E-state index is 0.0393. The molecule has 0 bridgehead atoms. The highest BCUT2D eigenvalue weighted by Gasteiger charge is 2.43. The zero-order chi connectivity index (χ0) is 28.8. The number of carbonyl (C=O) groups is 1. The molecule has 2 unspecified atom stereocenters. The van der Waals surface area contributed by atoms with Gasteiger partial charge in [0.1, 0.15) is 0 Å². The maximum absolute atomic E-state index is 11.4. The van der Waals surface area contributed by atoms with Gasteiger partial charge in [0.25, 0.3) is 0 Å². The highest BCUT2D eigenvalue weighted by Crippen LogP contribution is 2.41. The highest BCUT2D eigenvalue weighted by molar-refractivity contribution is 5.69. The van der Waals surface area contributed by atoms with Gasteiger partial charge >= 0.3 is 5.97 Å². The van der Waals surface area contributed by atoms with E-state index in [-0.39, 0.29) is 48.0 Å². The van der Waals surface area contributed by atoms with Gasteiger partial charge in [0.05, 0.1) is 25.4 Å². The van der Waals surface area contributed by atoms with Gasteiger partial charge < -0.3 is 28.8 Å². The first-order chi connectivity index (χ1) is 19.3. The molecule has 2 aliphatic heterocycles. The third-order valence-corrected chi connectivity index (χ3v) is 8.80. The molecule has 1 aliphatic carbocycles. The quantitative estimate of drug-likeness (QED) is 0.124. The molecule has 0 aromatic rings. The summed E-state index contributed by atoms with van der Waals surface area (Å²) in [5.74, 6) is -0.0698. The molecule has 3 rings (SSSR count). The molecule has 1 N–H and O–H groups in total. The zero-order valence-electron chi connectivity index (χ0n) is 25.6. The van der Waals surface area contributed by atoms with Gasteiger partial charge in [-0.15, -0.1) is 0 Å². The average molecular weight is 565 g/mol. The van der Waals surface area contributed by atoms with Gasteiger partial charge in [-0.1, -0.05) is 57.9 Å². The molecule has 0 radical (unpaired) electrons. The van der Waals surface area contributed by atoms with Crippen molar-refractivity contribution in [3.63, 3.8) is 0 Å². The van der Waals surface area contributed by atoms with Gasteiger partial charge in [0, 0.05) is 32.0 Å². The van der Waals surface area contributed by atoms with E-state index >= 15 is 0 Å². The molecule has 0 amide bonds. The van der Waals surface area contributed by atoms with Crippen LogP contribution in [0.4, 0.5) is 0 Å². The number of hydrogen-bond acceptors (Lipinski definition) is 7. The molecular weight excluding hydrogens is 508 g/mol. The fourth-order valence-electron chi connectivity index (χ4n) is 6.16. The van der Waals surface area contributed by atoms with Crippen LogP contribution in [0, 0.1) is 17.3 Å². The Hall–Kier alpha value is -1.25. The van der Waals surface area contributed by atoms with E-state index in [1.165, 1.54) is 7.11 Å². The van der Waals surface area contributed by atoms with Crippen LogP contribution in [0.2, 0.25) is 0 Å². The van der Waals surface area contributed by atoms with E-state index in [9.17, 15) is 9.90 Å². The predicted molar refractivity (Wildman–Crippen MR) is 157 cm³/mol. The molecular formula is C33H56O7. The normalized spacial score (nSPS) is 30.7. The van der Waals surface area contributed by atoms with Crippen molar-refractivity contribution >= 4 is 5.97 Å². The summed E-state index contributed by atoms with van der Waals surface area (Å²) in [5.41, 5.74) is -0.0393. The van der Waals surface area contributed by atoms with Crippen LogP contribution in [0.5, 0.6) is 0 Å².